The molecule has 4 rings (SSSR count). The number of carbonyl (C=O) groups is 1. The molecule has 1 fully saturated rings. The number of piperidine rings is 1. The molecule has 0 spiro atoms. The summed E-state index contributed by atoms with van der Waals surface area (Å²) in [7, 11) is 1.64. The Kier molecular flexibility index (Phi) is 7.08. The number of ether oxygens (including phenoxy) is 1. The van der Waals surface area contributed by atoms with E-state index in [1.165, 1.54) is 35.0 Å². The van der Waals surface area contributed by atoms with E-state index in [9.17, 15) is 9.59 Å². The molecular formula is C23H33N3O3S2. The van der Waals surface area contributed by atoms with Crippen LogP contribution in [0.2, 0.25) is 0 Å². The number of thiophene rings is 1. The number of aryl methyl sites for hydroxylation is 2. The third-order valence-electron chi connectivity index (χ3n) is 6.37. The van der Waals surface area contributed by atoms with E-state index in [2.05, 4.69) is 13.8 Å². The van der Waals surface area contributed by atoms with Crippen LogP contribution in [-0.2, 0) is 28.9 Å². The predicted octanol–water partition coefficient (Wildman–Crippen LogP) is 3.97. The molecule has 3 atom stereocenters. The third kappa shape index (κ3) is 4.71. The Hall–Kier alpha value is -1.38. The Bertz CT molecular complexity index is 1010. The zero-order valence-corrected chi connectivity index (χ0v) is 20.6. The topological polar surface area (TPSA) is 64.4 Å². The van der Waals surface area contributed by atoms with Gasteiger partial charge in [-0.2, -0.15) is 0 Å². The fourth-order valence-electron chi connectivity index (χ4n) is 5.00. The zero-order chi connectivity index (χ0) is 22.1. The minimum atomic E-state index is -0.287. The van der Waals surface area contributed by atoms with Gasteiger partial charge in [-0.3, -0.25) is 14.2 Å². The maximum absolute atomic E-state index is 13.5. The summed E-state index contributed by atoms with van der Waals surface area (Å²) in [5, 5.41) is 1.13. The van der Waals surface area contributed by atoms with Crippen LogP contribution in [0, 0.1) is 11.8 Å². The maximum atomic E-state index is 13.5. The molecule has 1 amide bonds. The molecule has 6 nitrogen and oxygen atoms in total. The van der Waals surface area contributed by atoms with E-state index in [4.69, 9.17) is 9.72 Å². The lowest BCUT2D eigenvalue weighted by Crippen LogP contribution is -2.45. The molecule has 0 radical (unpaired) electrons. The molecule has 1 aliphatic heterocycles. The fraction of sp³-hybridized carbons (Fsp3) is 0.696. The van der Waals surface area contributed by atoms with E-state index in [1.807, 2.05) is 11.8 Å². The first-order valence-electron chi connectivity index (χ1n) is 11.4. The summed E-state index contributed by atoms with van der Waals surface area (Å²) in [6.07, 6.45) is 5.48. The summed E-state index contributed by atoms with van der Waals surface area (Å²) >= 11 is 3.07. The van der Waals surface area contributed by atoms with Crippen molar-refractivity contribution in [3.63, 3.8) is 0 Å². The van der Waals surface area contributed by atoms with Crippen LogP contribution in [0.1, 0.15) is 50.5 Å². The molecule has 2 aromatic heterocycles. The number of likely N-dealkylation sites (tertiary alicyclic amines) is 1. The van der Waals surface area contributed by atoms with Gasteiger partial charge in [0.15, 0.2) is 5.16 Å². The van der Waals surface area contributed by atoms with E-state index >= 15 is 0 Å². The van der Waals surface area contributed by atoms with Crippen LogP contribution in [0.25, 0.3) is 10.2 Å². The molecule has 170 valence electrons. The molecule has 0 N–H and O–H groups in total. The summed E-state index contributed by atoms with van der Waals surface area (Å²) in [6, 6.07) is 0. The van der Waals surface area contributed by atoms with Gasteiger partial charge in [0.05, 0.1) is 23.8 Å². The van der Waals surface area contributed by atoms with Crippen molar-refractivity contribution in [2.75, 3.05) is 26.8 Å². The Morgan fingerprint density at radius 1 is 1.26 bits per heavy atom. The minimum absolute atomic E-state index is 0.0174. The molecule has 2 aliphatic rings. The predicted molar refractivity (Wildman–Crippen MR) is 127 cm³/mol. The lowest BCUT2D eigenvalue weighted by Gasteiger charge is -2.36. The Morgan fingerprint density at radius 2 is 1.97 bits per heavy atom. The van der Waals surface area contributed by atoms with Crippen LogP contribution in [0.4, 0.5) is 0 Å². The Morgan fingerprint density at radius 3 is 2.68 bits per heavy atom. The van der Waals surface area contributed by atoms with Gasteiger partial charge in [0.2, 0.25) is 5.91 Å². The lowest BCUT2D eigenvalue weighted by atomic mass is 9.92. The van der Waals surface area contributed by atoms with Crippen molar-refractivity contribution in [2.24, 2.45) is 11.8 Å². The van der Waals surface area contributed by atoms with Crippen molar-refractivity contribution in [1.82, 2.24) is 14.5 Å². The van der Waals surface area contributed by atoms with Crippen molar-refractivity contribution in [2.45, 2.75) is 69.8 Å². The van der Waals surface area contributed by atoms with Crippen LogP contribution in [-0.4, -0.2) is 52.4 Å². The highest BCUT2D eigenvalue weighted by atomic mass is 32.2. The van der Waals surface area contributed by atoms with Gasteiger partial charge in [-0.25, -0.2) is 4.98 Å². The van der Waals surface area contributed by atoms with Gasteiger partial charge in [0, 0.05) is 25.1 Å². The number of rotatable bonds is 6. The van der Waals surface area contributed by atoms with Gasteiger partial charge >= 0.3 is 0 Å². The summed E-state index contributed by atoms with van der Waals surface area (Å²) < 4.78 is 6.99. The third-order valence-corrected chi connectivity index (χ3v) is 8.63. The van der Waals surface area contributed by atoms with Crippen LogP contribution < -0.4 is 5.56 Å². The highest BCUT2D eigenvalue weighted by Gasteiger charge is 2.30. The van der Waals surface area contributed by atoms with Crippen molar-refractivity contribution < 1.29 is 9.53 Å². The van der Waals surface area contributed by atoms with E-state index in [0.29, 0.717) is 30.1 Å². The first-order chi connectivity index (χ1) is 14.9. The molecule has 2 aromatic rings. The van der Waals surface area contributed by atoms with Crippen LogP contribution in [0.15, 0.2) is 9.95 Å². The first-order valence-corrected chi connectivity index (χ1v) is 13.1. The summed E-state index contributed by atoms with van der Waals surface area (Å²) in [5.74, 6) is 1.19. The summed E-state index contributed by atoms with van der Waals surface area (Å²) in [6.45, 7) is 8.88. The Balaban J connectivity index is 1.65. The quantitative estimate of drug-likeness (QED) is 0.479. The average molecular weight is 464 g/mol. The number of fused-ring (bicyclic) bond motifs is 3. The van der Waals surface area contributed by atoms with Crippen molar-refractivity contribution in [3.05, 3.63) is 20.8 Å². The summed E-state index contributed by atoms with van der Waals surface area (Å²) in [5.41, 5.74) is 1.22. The largest absolute Gasteiger partial charge is 0.383 e. The monoisotopic (exact) mass is 463 g/mol. The van der Waals surface area contributed by atoms with Crippen molar-refractivity contribution in [1.29, 1.82) is 0 Å². The average Bonchev–Trinajstić information content (AvgIpc) is 3.10. The van der Waals surface area contributed by atoms with E-state index in [0.717, 1.165) is 42.6 Å². The van der Waals surface area contributed by atoms with Crippen LogP contribution in [0.5, 0.6) is 0 Å². The standard InChI is InChI=1S/C23H33N3O3S2/c1-14-11-15(2)13-25(12-14)21(27)16(3)30-23-24-20-19(22(28)26(23)9-10-29-4)17-7-5-6-8-18(17)31-20/h14-16H,5-13H2,1-4H3/t14-,15-,16+/m1/s1. The molecule has 1 aliphatic carbocycles. The van der Waals surface area contributed by atoms with Crippen molar-refractivity contribution >= 4 is 39.2 Å². The zero-order valence-electron chi connectivity index (χ0n) is 19.0. The first kappa shape index (κ1) is 22.8. The lowest BCUT2D eigenvalue weighted by molar-refractivity contribution is -0.132. The number of amides is 1. The van der Waals surface area contributed by atoms with Gasteiger partial charge in [0.1, 0.15) is 4.83 Å². The summed E-state index contributed by atoms with van der Waals surface area (Å²) in [4.78, 5) is 35.7. The number of hydrogen-bond acceptors (Lipinski definition) is 6. The number of methoxy groups -OCH3 is 1. The molecule has 0 saturated carbocycles. The molecule has 8 heteroatoms. The highest BCUT2D eigenvalue weighted by Crippen LogP contribution is 2.35. The smallest absolute Gasteiger partial charge is 0.263 e. The Labute approximate surface area is 192 Å². The van der Waals surface area contributed by atoms with Gasteiger partial charge in [-0.05, 0) is 56.4 Å². The van der Waals surface area contributed by atoms with Gasteiger partial charge in [-0.15, -0.1) is 11.3 Å². The maximum Gasteiger partial charge on any atom is 0.263 e. The number of aromatic nitrogens is 2. The van der Waals surface area contributed by atoms with Crippen molar-refractivity contribution in [3.8, 4) is 0 Å². The van der Waals surface area contributed by atoms with E-state index in [1.54, 1.807) is 23.0 Å². The van der Waals surface area contributed by atoms with E-state index < -0.39 is 0 Å². The highest BCUT2D eigenvalue weighted by molar-refractivity contribution is 8.00. The molecular weight excluding hydrogens is 430 g/mol. The second-order valence-electron chi connectivity index (χ2n) is 9.18. The molecule has 1 saturated heterocycles. The van der Waals surface area contributed by atoms with Gasteiger partial charge in [-0.1, -0.05) is 25.6 Å². The normalized spacial score (nSPS) is 22.5. The van der Waals surface area contributed by atoms with E-state index in [-0.39, 0.29) is 16.7 Å². The molecule has 0 bridgehead atoms. The number of thioether (sulfide) groups is 1. The molecule has 31 heavy (non-hydrogen) atoms. The second-order valence-corrected chi connectivity index (χ2v) is 11.6. The van der Waals surface area contributed by atoms with Gasteiger partial charge in [0.25, 0.3) is 5.56 Å². The molecule has 0 unspecified atom stereocenters. The van der Waals surface area contributed by atoms with Gasteiger partial charge < -0.3 is 9.64 Å². The fourth-order valence-corrected chi connectivity index (χ4v) is 7.32. The molecule has 3 heterocycles. The minimum Gasteiger partial charge on any atom is -0.383 e. The number of carbonyl (C=O) groups excluding carboxylic acids is 1. The number of hydrogen-bond donors (Lipinski definition) is 0. The second kappa shape index (κ2) is 9.63. The van der Waals surface area contributed by atoms with Crippen LogP contribution >= 0.6 is 23.1 Å². The number of nitrogens with zero attached hydrogens (tertiary/aromatic N) is 3. The SMILES string of the molecule is COCCn1c(S[C@@H](C)C(=O)N2C[C@H](C)C[C@@H](C)C2)nc2sc3c(c2c1=O)CCCC3. The molecule has 0 aromatic carbocycles. The van der Waals surface area contributed by atoms with Crippen LogP contribution in [0.3, 0.4) is 0 Å².